The van der Waals surface area contributed by atoms with Crippen LogP contribution in [0.2, 0.25) is 5.02 Å². The number of amides is 1. The quantitative estimate of drug-likeness (QED) is 0.851. The summed E-state index contributed by atoms with van der Waals surface area (Å²) in [5.41, 5.74) is 5.53. The highest BCUT2D eigenvalue weighted by Gasteiger charge is 2.14. The van der Waals surface area contributed by atoms with Gasteiger partial charge in [-0.1, -0.05) is 18.5 Å². The minimum atomic E-state index is -0.240. The van der Waals surface area contributed by atoms with Crippen molar-refractivity contribution in [2.45, 2.75) is 46.5 Å². The van der Waals surface area contributed by atoms with Gasteiger partial charge in [0.2, 0.25) is 0 Å². The topological polar surface area (TPSA) is 50.7 Å². The van der Waals surface area contributed by atoms with Crippen LogP contribution in [0.5, 0.6) is 5.75 Å². The molecule has 0 aromatic heterocycles. The van der Waals surface area contributed by atoms with Crippen molar-refractivity contribution in [3.63, 3.8) is 0 Å². The molecule has 1 saturated carbocycles. The van der Waals surface area contributed by atoms with Gasteiger partial charge in [-0.25, -0.2) is 5.43 Å². The highest BCUT2D eigenvalue weighted by Crippen LogP contribution is 2.25. The summed E-state index contributed by atoms with van der Waals surface area (Å²) < 4.78 is 5.51. The van der Waals surface area contributed by atoms with Gasteiger partial charge >= 0.3 is 0 Å². The van der Waals surface area contributed by atoms with E-state index < -0.39 is 0 Å². The Hall–Kier alpha value is -1.55. The normalized spacial score (nSPS) is 20.0. The Kier molecular flexibility index (Phi) is 5.83. The minimum absolute atomic E-state index is 0.0488. The van der Waals surface area contributed by atoms with E-state index in [-0.39, 0.29) is 12.5 Å². The number of nitrogens with one attached hydrogen (secondary N) is 1. The number of rotatable bonds is 4. The van der Waals surface area contributed by atoms with Crippen LogP contribution in [0, 0.1) is 19.8 Å². The van der Waals surface area contributed by atoms with Crippen LogP contribution in [0.4, 0.5) is 0 Å². The molecule has 22 heavy (non-hydrogen) atoms. The Bertz CT molecular complexity index is 561. The maximum atomic E-state index is 11.8. The van der Waals surface area contributed by atoms with Gasteiger partial charge in [0.05, 0.1) is 0 Å². The van der Waals surface area contributed by atoms with Crippen molar-refractivity contribution < 1.29 is 9.53 Å². The molecule has 0 bridgehead atoms. The highest BCUT2D eigenvalue weighted by atomic mass is 35.5. The molecule has 4 nitrogen and oxygen atoms in total. The molecular formula is C17H23ClN2O2. The SMILES string of the molecule is Cc1cc(OCC(=O)N/N=C2/CCCC(C)C2)cc(C)c1Cl. The van der Waals surface area contributed by atoms with Crippen molar-refractivity contribution in [3.05, 3.63) is 28.3 Å². The summed E-state index contributed by atoms with van der Waals surface area (Å²) >= 11 is 6.11. The van der Waals surface area contributed by atoms with Crippen LogP contribution in [-0.2, 0) is 4.79 Å². The van der Waals surface area contributed by atoms with E-state index in [2.05, 4.69) is 17.5 Å². The summed E-state index contributed by atoms with van der Waals surface area (Å²) in [6, 6.07) is 3.66. The number of aryl methyl sites for hydroxylation is 2. The molecule has 0 heterocycles. The zero-order valence-corrected chi connectivity index (χ0v) is 14.2. The van der Waals surface area contributed by atoms with Crippen LogP contribution < -0.4 is 10.2 Å². The van der Waals surface area contributed by atoms with Gasteiger partial charge in [0.1, 0.15) is 5.75 Å². The molecule has 1 atom stereocenters. The fraction of sp³-hybridized carbons (Fsp3) is 0.529. The molecule has 5 heteroatoms. The van der Waals surface area contributed by atoms with Crippen molar-refractivity contribution in [2.75, 3.05) is 6.61 Å². The molecule has 0 spiro atoms. The molecule has 1 aromatic rings. The molecule has 1 amide bonds. The van der Waals surface area contributed by atoms with Crippen LogP contribution in [0.3, 0.4) is 0 Å². The van der Waals surface area contributed by atoms with Gasteiger partial charge < -0.3 is 4.74 Å². The fourth-order valence-corrected chi connectivity index (χ4v) is 2.78. The van der Waals surface area contributed by atoms with Crippen LogP contribution in [0.1, 0.15) is 43.7 Å². The van der Waals surface area contributed by atoms with Crippen LogP contribution in [0.15, 0.2) is 17.2 Å². The average Bonchev–Trinajstić information content (AvgIpc) is 2.48. The molecule has 1 N–H and O–H groups in total. The Morgan fingerprint density at radius 1 is 1.41 bits per heavy atom. The van der Waals surface area contributed by atoms with E-state index in [1.54, 1.807) is 0 Å². The van der Waals surface area contributed by atoms with E-state index >= 15 is 0 Å². The van der Waals surface area contributed by atoms with Gasteiger partial charge in [0, 0.05) is 10.7 Å². The number of carbonyl (C=O) groups excluding carboxylic acids is 1. The second-order valence-corrected chi connectivity index (χ2v) is 6.45. The van der Waals surface area contributed by atoms with Crippen molar-refractivity contribution in [1.29, 1.82) is 0 Å². The first-order chi connectivity index (χ1) is 10.5. The summed E-state index contributed by atoms with van der Waals surface area (Å²) in [6.45, 7) is 5.99. The van der Waals surface area contributed by atoms with Crippen molar-refractivity contribution in [1.82, 2.24) is 5.43 Å². The van der Waals surface area contributed by atoms with E-state index in [0.29, 0.717) is 11.7 Å². The average molecular weight is 323 g/mol. The predicted molar refractivity (Wildman–Crippen MR) is 89.6 cm³/mol. The second kappa shape index (κ2) is 7.63. The van der Waals surface area contributed by atoms with E-state index in [1.165, 1.54) is 6.42 Å². The molecule has 0 aliphatic heterocycles. The number of halogens is 1. The molecule has 1 unspecified atom stereocenters. The maximum absolute atomic E-state index is 11.8. The second-order valence-electron chi connectivity index (χ2n) is 6.07. The smallest absolute Gasteiger partial charge is 0.277 e. The fourth-order valence-electron chi connectivity index (χ4n) is 2.67. The molecule has 2 rings (SSSR count). The summed E-state index contributed by atoms with van der Waals surface area (Å²) in [5.74, 6) is 1.06. The molecule has 1 aromatic carbocycles. The monoisotopic (exact) mass is 322 g/mol. The largest absolute Gasteiger partial charge is 0.484 e. The molecule has 1 aliphatic rings. The highest BCUT2D eigenvalue weighted by molar-refractivity contribution is 6.32. The zero-order chi connectivity index (χ0) is 16.1. The number of nitrogens with zero attached hydrogens (tertiary/aromatic N) is 1. The number of hydrazone groups is 1. The van der Waals surface area contributed by atoms with Crippen LogP contribution in [0.25, 0.3) is 0 Å². The van der Waals surface area contributed by atoms with E-state index in [9.17, 15) is 4.79 Å². The molecule has 1 aliphatic carbocycles. The van der Waals surface area contributed by atoms with Crippen molar-refractivity contribution in [2.24, 2.45) is 11.0 Å². The molecule has 1 fully saturated rings. The maximum Gasteiger partial charge on any atom is 0.277 e. The van der Waals surface area contributed by atoms with Crippen LogP contribution >= 0.6 is 11.6 Å². The van der Waals surface area contributed by atoms with Gasteiger partial charge in [-0.3, -0.25) is 4.79 Å². The van der Waals surface area contributed by atoms with Gasteiger partial charge in [0.15, 0.2) is 6.61 Å². The van der Waals surface area contributed by atoms with E-state index in [1.807, 2.05) is 26.0 Å². The minimum Gasteiger partial charge on any atom is -0.484 e. The molecule has 0 radical (unpaired) electrons. The number of benzene rings is 1. The van der Waals surface area contributed by atoms with Gasteiger partial charge in [0.25, 0.3) is 5.91 Å². The number of hydrogen-bond donors (Lipinski definition) is 1. The summed E-state index contributed by atoms with van der Waals surface area (Å²) in [4.78, 5) is 11.8. The Balaban J connectivity index is 1.84. The molecule has 120 valence electrons. The van der Waals surface area contributed by atoms with E-state index in [4.69, 9.17) is 16.3 Å². The lowest BCUT2D eigenvalue weighted by molar-refractivity contribution is -0.123. The van der Waals surface area contributed by atoms with Crippen molar-refractivity contribution >= 4 is 23.2 Å². The number of ether oxygens (including phenoxy) is 1. The Morgan fingerprint density at radius 3 is 2.73 bits per heavy atom. The summed E-state index contributed by atoms with van der Waals surface area (Å²) in [7, 11) is 0. The predicted octanol–water partition coefficient (Wildman–Crippen LogP) is 4.02. The third-order valence-electron chi connectivity index (χ3n) is 3.86. The molecule has 0 saturated heterocycles. The van der Waals surface area contributed by atoms with Crippen molar-refractivity contribution in [3.8, 4) is 5.75 Å². The third kappa shape index (κ3) is 4.73. The van der Waals surface area contributed by atoms with Crippen LogP contribution in [-0.4, -0.2) is 18.2 Å². The lowest BCUT2D eigenvalue weighted by atomic mass is 9.89. The summed E-state index contributed by atoms with van der Waals surface area (Å²) in [5, 5.41) is 4.94. The van der Waals surface area contributed by atoms with Gasteiger partial charge in [-0.05, 0) is 68.7 Å². The zero-order valence-electron chi connectivity index (χ0n) is 13.4. The lowest BCUT2D eigenvalue weighted by Crippen LogP contribution is -2.27. The first-order valence-corrected chi connectivity index (χ1v) is 8.07. The van der Waals surface area contributed by atoms with Gasteiger partial charge in [-0.15, -0.1) is 0 Å². The van der Waals surface area contributed by atoms with E-state index in [0.717, 1.165) is 41.1 Å². The lowest BCUT2D eigenvalue weighted by Gasteiger charge is -2.18. The Morgan fingerprint density at radius 2 is 2.09 bits per heavy atom. The van der Waals surface area contributed by atoms with Gasteiger partial charge in [-0.2, -0.15) is 5.10 Å². The molecular weight excluding hydrogens is 300 g/mol. The first kappa shape index (κ1) is 16.8. The third-order valence-corrected chi connectivity index (χ3v) is 4.46. The summed E-state index contributed by atoms with van der Waals surface area (Å²) in [6.07, 6.45) is 4.33. The number of hydrogen-bond acceptors (Lipinski definition) is 3. The number of carbonyl (C=O) groups is 1. The standard InChI is InChI=1S/C17H23ClN2O2/c1-11-5-4-6-14(7-11)19-20-16(21)10-22-15-8-12(2)17(18)13(3)9-15/h8-9,11H,4-7,10H2,1-3H3,(H,20,21)/b19-14-. The first-order valence-electron chi connectivity index (χ1n) is 7.69. The Labute approximate surface area is 136 Å².